The zero-order chi connectivity index (χ0) is 20.8. The monoisotopic (exact) mass is 420 g/mol. The first-order valence-corrected chi connectivity index (χ1v) is 9.29. The lowest BCUT2D eigenvalue weighted by molar-refractivity contribution is -0.122. The van der Waals surface area contributed by atoms with E-state index in [-0.39, 0.29) is 55.0 Å². The minimum atomic E-state index is -0.339. The summed E-state index contributed by atoms with van der Waals surface area (Å²) in [5, 5.41) is 5.58. The normalized spacial score (nSPS) is 11.5. The van der Waals surface area contributed by atoms with Gasteiger partial charge in [-0.1, -0.05) is 30.3 Å². The molecule has 0 spiro atoms. The number of nitrogens with one attached hydrogen (secondary N) is 2. The molecule has 158 valence electrons. The molecular formula is C21H29ClN4O3. The van der Waals surface area contributed by atoms with E-state index in [4.69, 9.17) is 5.73 Å². The number of pyridine rings is 1. The van der Waals surface area contributed by atoms with E-state index < -0.39 is 0 Å². The largest absolute Gasteiger partial charge is 0.352 e. The number of hydrogen-bond donors (Lipinski definition) is 3. The zero-order valence-corrected chi connectivity index (χ0v) is 18.0. The highest BCUT2D eigenvalue weighted by atomic mass is 35.5. The van der Waals surface area contributed by atoms with Crippen molar-refractivity contribution in [1.82, 2.24) is 15.2 Å². The number of aromatic nitrogens is 1. The second-order valence-corrected chi connectivity index (χ2v) is 7.16. The molecule has 2 aromatic rings. The van der Waals surface area contributed by atoms with Crippen molar-refractivity contribution in [2.24, 2.45) is 5.73 Å². The maximum Gasteiger partial charge on any atom is 0.253 e. The van der Waals surface area contributed by atoms with Crippen molar-refractivity contribution in [2.75, 3.05) is 6.54 Å². The number of nitrogens with zero attached hydrogens (tertiary/aromatic N) is 1. The number of halogens is 1. The van der Waals surface area contributed by atoms with Crippen LogP contribution in [0.25, 0.3) is 0 Å². The van der Waals surface area contributed by atoms with Gasteiger partial charge >= 0.3 is 0 Å². The molecule has 0 radical (unpaired) electrons. The van der Waals surface area contributed by atoms with Crippen molar-refractivity contribution < 1.29 is 9.59 Å². The maximum atomic E-state index is 12.8. The molecule has 7 nitrogen and oxygen atoms in total. The fourth-order valence-corrected chi connectivity index (χ4v) is 3.08. The molecule has 0 aliphatic rings. The Labute approximate surface area is 177 Å². The van der Waals surface area contributed by atoms with Gasteiger partial charge in [0.05, 0.1) is 5.56 Å². The molecule has 0 fully saturated rings. The first-order chi connectivity index (χ1) is 13.2. The second-order valence-electron chi connectivity index (χ2n) is 7.16. The number of hydrogen-bond acceptors (Lipinski definition) is 4. The molecular weight excluding hydrogens is 392 g/mol. The average Bonchev–Trinajstić information content (AvgIpc) is 2.63. The molecule has 29 heavy (non-hydrogen) atoms. The molecule has 2 amide bonds. The lowest BCUT2D eigenvalue weighted by Gasteiger charge is -2.18. The maximum absolute atomic E-state index is 12.8. The van der Waals surface area contributed by atoms with Crippen LogP contribution in [0, 0.1) is 13.8 Å². The summed E-state index contributed by atoms with van der Waals surface area (Å²) in [5.74, 6) is -0.596. The van der Waals surface area contributed by atoms with Crippen LogP contribution in [0.15, 0.2) is 41.2 Å². The Morgan fingerprint density at radius 2 is 1.76 bits per heavy atom. The summed E-state index contributed by atoms with van der Waals surface area (Å²) in [5.41, 5.74) is 8.15. The van der Waals surface area contributed by atoms with Crippen molar-refractivity contribution in [3.05, 3.63) is 69.1 Å². The summed E-state index contributed by atoms with van der Waals surface area (Å²) in [7, 11) is 0. The van der Waals surface area contributed by atoms with Crippen LogP contribution < -0.4 is 21.9 Å². The van der Waals surface area contributed by atoms with Gasteiger partial charge in [-0.05, 0) is 38.8 Å². The molecule has 0 saturated carbocycles. The molecule has 0 aliphatic heterocycles. The first kappa shape index (κ1) is 24.4. The van der Waals surface area contributed by atoms with Crippen LogP contribution in [0.2, 0.25) is 0 Å². The number of rotatable bonds is 7. The van der Waals surface area contributed by atoms with E-state index in [1.165, 1.54) is 10.6 Å². The molecule has 2 rings (SSSR count). The molecule has 1 unspecified atom stereocenters. The van der Waals surface area contributed by atoms with Gasteiger partial charge in [0.2, 0.25) is 5.91 Å². The van der Waals surface area contributed by atoms with Gasteiger partial charge in [0.15, 0.2) is 0 Å². The van der Waals surface area contributed by atoms with Gasteiger partial charge in [-0.25, -0.2) is 0 Å². The van der Waals surface area contributed by atoms with Gasteiger partial charge in [0.1, 0.15) is 6.54 Å². The van der Waals surface area contributed by atoms with Crippen LogP contribution in [0.1, 0.15) is 47.1 Å². The molecule has 1 aromatic carbocycles. The van der Waals surface area contributed by atoms with Gasteiger partial charge in [-0.15, -0.1) is 12.4 Å². The topological polar surface area (TPSA) is 106 Å². The number of aryl methyl sites for hydroxylation is 1. The number of carbonyl (C=O) groups is 2. The fourth-order valence-electron chi connectivity index (χ4n) is 3.08. The summed E-state index contributed by atoms with van der Waals surface area (Å²) in [4.78, 5) is 37.2. The highest BCUT2D eigenvalue weighted by Crippen LogP contribution is 2.13. The number of benzene rings is 1. The van der Waals surface area contributed by atoms with E-state index in [1.807, 2.05) is 44.2 Å². The van der Waals surface area contributed by atoms with Gasteiger partial charge in [0.25, 0.3) is 11.5 Å². The highest BCUT2D eigenvalue weighted by Gasteiger charge is 2.19. The van der Waals surface area contributed by atoms with E-state index in [1.54, 1.807) is 13.8 Å². The van der Waals surface area contributed by atoms with Gasteiger partial charge < -0.3 is 20.9 Å². The van der Waals surface area contributed by atoms with Crippen molar-refractivity contribution in [1.29, 1.82) is 0 Å². The van der Waals surface area contributed by atoms with Crippen LogP contribution in [-0.2, 0) is 11.3 Å². The Morgan fingerprint density at radius 1 is 1.14 bits per heavy atom. The van der Waals surface area contributed by atoms with Crippen LogP contribution in [0.5, 0.6) is 0 Å². The Kier molecular flexibility index (Phi) is 9.07. The third-order valence-electron chi connectivity index (χ3n) is 4.46. The smallest absolute Gasteiger partial charge is 0.253 e. The fraction of sp³-hybridized carbons (Fsp3) is 0.381. The molecule has 1 aromatic heterocycles. The summed E-state index contributed by atoms with van der Waals surface area (Å²) < 4.78 is 1.32. The van der Waals surface area contributed by atoms with Crippen molar-refractivity contribution in [2.45, 2.75) is 46.3 Å². The van der Waals surface area contributed by atoms with E-state index in [0.29, 0.717) is 16.8 Å². The minimum absolute atomic E-state index is 0. The second kappa shape index (κ2) is 10.8. The van der Waals surface area contributed by atoms with Gasteiger partial charge in [0, 0.05) is 30.4 Å². The Hall–Kier alpha value is -2.64. The molecule has 0 bridgehead atoms. The average molecular weight is 421 g/mol. The van der Waals surface area contributed by atoms with Gasteiger partial charge in [-0.2, -0.15) is 0 Å². The quantitative estimate of drug-likeness (QED) is 0.635. The summed E-state index contributed by atoms with van der Waals surface area (Å²) in [6.07, 6.45) is 0. The Bertz CT molecular complexity index is 910. The lowest BCUT2D eigenvalue weighted by Crippen LogP contribution is -2.38. The number of amides is 2. The summed E-state index contributed by atoms with van der Waals surface area (Å²) >= 11 is 0. The van der Waals surface area contributed by atoms with Crippen molar-refractivity contribution >= 4 is 24.2 Å². The molecule has 0 saturated heterocycles. The predicted molar refractivity (Wildman–Crippen MR) is 116 cm³/mol. The molecule has 0 aliphatic carbocycles. The first-order valence-electron chi connectivity index (χ1n) is 9.29. The Morgan fingerprint density at radius 3 is 2.34 bits per heavy atom. The molecule has 4 N–H and O–H groups in total. The minimum Gasteiger partial charge on any atom is -0.352 e. The van der Waals surface area contributed by atoms with Crippen LogP contribution >= 0.6 is 12.4 Å². The lowest BCUT2D eigenvalue weighted by atomic mass is 10.1. The summed E-state index contributed by atoms with van der Waals surface area (Å²) in [6, 6.07) is 10.5. The molecule has 8 heteroatoms. The highest BCUT2D eigenvalue weighted by molar-refractivity contribution is 5.96. The van der Waals surface area contributed by atoms with E-state index in [0.717, 1.165) is 5.56 Å². The van der Waals surface area contributed by atoms with Crippen LogP contribution in [0.4, 0.5) is 0 Å². The van der Waals surface area contributed by atoms with Crippen molar-refractivity contribution in [3.63, 3.8) is 0 Å². The Balaban J connectivity index is 0.00000420. The number of carbonyl (C=O) groups excluding carboxylic acids is 2. The zero-order valence-electron chi connectivity index (χ0n) is 17.2. The van der Waals surface area contributed by atoms with Crippen LogP contribution in [-0.4, -0.2) is 29.0 Å². The summed E-state index contributed by atoms with van der Waals surface area (Å²) in [6.45, 7) is 7.19. The molecule has 1 atom stereocenters. The van der Waals surface area contributed by atoms with E-state index >= 15 is 0 Å². The van der Waals surface area contributed by atoms with Crippen LogP contribution in [0.3, 0.4) is 0 Å². The molecule has 1 heterocycles. The SMILES string of the molecule is Cc1cc(=O)n(CC(=O)NC(C)C)c(C)c1C(=O)NCC(N)c1ccccc1.Cl. The van der Waals surface area contributed by atoms with Gasteiger partial charge in [-0.3, -0.25) is 14.4 Å². The predicted octanol–water partition coefficient (Wildman–Crippen LogP) is 1.84. The third-order valence-corrected chi connectivity index (χ3v) is 4.46. The number of nitrogens with two attached hydrogens (primary N) is 1. The van der Waals surface area contributed by atoms with E-state index in [9.17, 15) is 14.4 Å². The third kappa shape index (κ3) is 6.44. The van der Waals surface area contributed by atoms with E-state index in [2.05, 4.69) is 10.6 Å². The van der Waals surface area contributed by atoms with Crippen molar-refractivity contribution in [3.8, 4) is 0 Å². The standard InChI is InChI=1S/C21H28N4O3.ClH/c1-13(2)24-18(26)12-25-15(4)20(14(3)10-19(25)27)21(28)23-11-17(22)16-8-6-5-7-9-16;/h5-10,13,17H,11-12,22H2,1-4H3,(H,23,28)(H,24,26);1H.